The molecule has 3 aromatic rings. The second kappa shape index (κ2) is 12.4. The zero-order valence-corrected chi connectivity index (χ0v) is 25.8. The SMILES string of the molecule is COc1cc(NC(=O)CSc2nnc(N3C(N)=C(C#N)C(c4sccc4C)C4=C3CCCC4=O)s2)cc(OC)c1OC. The maximum Gasteiger partial charge on any atom is 0.234 e. The molecule has 2 aromatic heterocycles. The number of Topliss-reactive ketones (excluding diaryl/α,β-unsaturated/α-hetero) is 1. The normalized spacial score (nSPS) is 16.7. The topological polar surface area (TPSA) is 153 Å². The van der Waals surface area contributed by atoms with Gasteiger partial charge in [0.25, 0.3) is 0 Å². The van der Waals surface area contributed by atoms with Gasteiger partial charge in [0.05, 0.1) is 44.6 Å². The molecule has 3 N–H and O–H groups in total. The van der Waals surface area contributed by atoms with Gasteiger partial charge in [0.1, 0.15) is 5.82 Å². The van der Waals surface area contributed by atoms with Crippen LogP contribution in [0.1, 0.15) is 35.6 Å². The van der Waals surface area contributed by atoms with E-state index in [1.807, 2.05) is 18.4 Å². The number of nitrogens with one attached hydrogen (secondary N) is 1. The first-order valence-electron chi connectivity index (χ1n) is 12.9. The number of allylic oxidation sites excluding steroid dienone is 3. The zero-order chi connectivity index (χ0) is 30.0. The minimum Gasteiger partial charge on any atom is -0.493 e. The number of hydrogen-bond donors (Lipinski definition) is 2. The van der Waals surface area contributed by atoms with Crippen LogP contribution in [0, 0.1) is 18.3 Å². The van der Waals surface area contributed by atoms with E-state index in [1.54, 1.807) is 17.0 Å². The average Bonchev–Trinajstić information content (AvgIpc) is 3.63. The fraction of sp³-hybridized carbons (Fsp3) is 0.321. The summed E-state index contributed by atoms with van der Waals surface area (Å²) in [7, 11) is 4.51. The van der Waals surface area contributed by atoms with Crippen molar-refractivity contribution in [3.05, 3.63) is 56.7 Å². The van der Waals surface area contributed by atoms with Crippen molar-refractivity contribution in [2.45, 2.75) is 36.4 Å². The molecule has 14 heteroatoms. The number of ketones is 1. The largest absolute Gasteiger partial charge is 0.493 e. The lowest BCUT2D eigenvalue weighted by molar-refractivity contribution is -0.116. The number of benzene rings is 1. The van der Waals surface area contributed by atoms with Crippen molar-refractivity contribution in [2.75, 3.05) is 37.3 Å². The highest BCUT2D eigenvalue weighted by Crippen LogP contribution is 2.49. The van der Waals surface area contributed by atoms with Crippen LogP contribution in [0.5, 0.6) is 17.2 Å². The molecule has 1 atom stereocenters. The first-order valence-corrected chi connectivity index (χ1v) is 15.6. The fourth-order valence-electron chi connectivity index (χ4n) is 5.08. The lowest BCUT2D eigenvalue weighted by Crippen LogP contribution is -2.38. The quantitative estimate of drug-likeness (QED) is 0.310. The Hall–Kier alpha value is -4.06. The van der Waals surface area contributed by atoms with Crippen LogP contribution in [-0.2, 0) is 9.59 Å². The minimum atomic E-state index is -0.491. The van der Waals surface area contributed by atoms with Crippen molar-refractivity contribution < 1.29 is 23.8 Å². The summed E-state index contributed by atoms with van der Waals surface area (Å²) in [5, 5.41) is 24.0. The number of anilines is 2. The van der Waals surface area contributed by atoms with Crippen molar-refractivity contribution in [1.29, 1.82) is 5.26 Å². The number of carbonyl (C=O) groups is 2. The van der Waals surface area contributed by atoms with Gasteiger partial charge in [0, 0.05) is 40.4 Å². The number of nitriles is 1. The lowest BCUT2D eigenvalue weighted by atomic mass is 9.78. The Kier molecular flexibility index (Phi) is 8.72. The predicted molar refractivity (Wildman–Crippen MR) is 162 cm³/mol. The Morgan fingerprint density at radius 3 is 2.57 bits per heavy atom. The van der Waals surface area contributed by atoms with Crippen LogP contribution < -0.4 is 30.2 Å². The molecule has 5 rings (SSSR count). The van der Waals surface area contributed by atoms with E-state index >= 15 is 0 Å². The number of nitrogens with two attached hydrogens (primary N) is 1. The molecule has 1 aromatic carbocycles. The van der Waals surface area contributed by atoms with Gasteiger partial charge in [-0.25, -0.2) is 0 Å². The molecule has 0 saturated carbocycles. The van der Waals surface area contributed by atoms with E-state index < -0.39 is 5.92 Å². The molecule has 42 heavy (non-hydrogen) atoms. The van der Waals surface area contributed by atoms with E-state index in [0.717, 1.165) is 16.1 Å². The number of methoxy groups -OCH3 is 3. The Labute approximate surface area is 255 Å². The Balaban J connectivity index is 1.37. The molecule has 11 nitrogen and oxygen atoms in total. The second-order valence-corrected chi connectivity index (χ2v) is 12.5. The summed E-state index contributed by atoms with van der Waals surface area (Å²) in [6, 6.07) is 7.55. The zero-order valence-electron chi connectivity index (χ0n) is 23.3. The van der Waals surface area contributed by atoms with Crippen LogP contribution in [0.25, 0.3) is 0 Å². The van der Waals surface area contributed by atoms with E-state index in [4.69, 9.17) is 19.9 Å². The van der Waals surface area contributed by atoms with Crippen molar-refractivity contribution >= 4 is 56.9 Å². The van der Waals surface area contributed by atoms with Gasteiger partial charge in [-0.1, -0.05) is 23.1 Å². The number of nitrogens with zero attached hydrogens (tertiary/aromatic N) is 4. The summed E-state index contributed by atoms with van der Waals surface area (Å²) in [5.41, 5.74) is 9.82. The van der Waals surface area contributed by atoms with Crippen LogP contribution in [0.4, 0.5) is 10.8 Å². The van der Waals surface area contributed by atoms with E-state index in [2.05, 4.69) is 21.6 Å². The van der Waals surface area contributed by atoms with Crippen LogP contribution in [0.15, 0.2) is 50.6 Å². The second-order valence-electron chi connectivity index (χ2n) is 9.39. The Morgan fingerprint density at radius 2 is 1.95 bits per heavy atom. The molecule has 0 saturated heterocycles. The number of thiophene rings is 1. The van der Waals surface area contributed by atoms with Gasteiger partial charge in [-0.2, -0.15) is 5.26 Å². The first-order chi connectivity index (χ1) is 20.3. The number of rotatable bonds is 9. The summed E-state index contributed by atoms with van der Waals surface area (Å²) >= 11 is 3.98. The van der Waals surface area contributed by atoms with Gasteiger partial charge in [-0.3, -0.25) is 14.5 Å². The molecule has 2 aliphatic rings. The molecule has 0 bridgehead atoms. The standard InChI is InChI=1S/C28H28N6O5S3/c1-14-8-9-40-25(14)22-16(12-29)26(30)34(17-6-5-7-18(35)23(17)22)27-32-33-28(42-27)41-13-21(36)31-15-10-19(37-2)24(39-4)20(11-15)38-3/h8-11,22H,5-7,13,30H2,1-4H3,(H,31,36). The van der Waals surface area contributed by atoms with Gasteiger partial charge >= 0.3 is 0 Å². The molecule has 1 unspecified atom stereocenters. The first kappa shape index (κ1) is 29.4. The van der Waals surface area contributed by atoms with Gasteiger partial charge in [-0.05, 0) is 36.8 Å². The highest BCUT2D eigenvalue weighted by Gasteiger charge is 2.42. The van der Waals surface area contributed by atoms with Gasteiger partial charge in [0.2, 0.25) is 16.8 Å². The smallest absolute Gasteiger partial charge is 0.234 e. The van der Waals surface area contributed by atoms with Crippen LogP contribution in [0.3, 0.4) is 0 Å². The number of thioether (sulfide) groups is 1. The minimum absolute atomic E-state index is 0.0156. The summed E-state index contributed by atoms with van der Waals surface area (Å²) in [6.07, 6.45) is 1.73. The maximum absolute atomic E-state index is 13.3. The van der Waals surface area contributed by atoms with Crippen molar-refractivity contribution in [3.8, 4) is 23.3 Å². The monoisotopic (exact) mass is 624 g/mol. The van der Waals surface area contributed by atoms with Crippen molar-refractivity contribution in [2.24, 2.45) is 5.73 Å². The van der Waals surface area contributed by atoms with Crippen molar-refractivity contribution in [1.82, 2.24) is 10.2 Å². The van der Waals surface area contributed by atoms with E-state index in [1.165, 1.54) is 55.8 Å². The summed E-state index contributed by atoms with van der Waals surface area (Å²) in [6.45, 7) is 1.98. The molecule has 1 aliphatic heterocycles. The molecular formula is C28H28N6O5S3. The highest BCUT2D eigenvalue weighted by molar-refractivity contribution is 8.01. The van der Waals surface area contributed by atoms with E-state index in [0.29, 0.717) is 62.8 Å². The third kappa shape index (κ3) is 5.42. The molecule has 0 spiro atoms. The number of amides is 1. The van der Waals surface area contributed by atoms with Gasteiger partial charge in [0.15, 0.2) is 21.6 Å². The van der Waals surface area contributed by atoms with E-state index in [9.17, 15) is 14.9 Å². The third-order valence-corrected chi connectivity index (χ3v) is 10.1. The third-order valence-electron chi connectivity index (χ3n) is 6.94. The molecule has 1 aliphatic carbocycles. The van der Waals surface area contributed by atoms with Crippen LogP contribution in [0.2, 0.25) is 0 Å². The Morgan fingerprint density at radius 1 is 1.21 bits per heavy atom. The summed E-state index contributed by atoms with van der Waals surface area (Å²) in [4.78, 5) is 28.7. The molecular weight excluding hydrogens is 597 g/mol. The number of carbonyl (C=O) groups excluding carboxylic acids is 2. The number of ether oxygens (including phenoxy) is 3. The maximum atomic E-state index is 13.3. The van der Waals surface area contributed by atoms with Crippen LogP contribution >= 0.6 is 34.4 Å². The predicted octanol–water partition coefficient (Wildman–Crippen LogP) is 4.97. The number of aromatic nitrogens is 2. The van der Waals surface area contributed by atoms with Crippen molar-refractivity contribution in [3.63, 3.8) is 0 Å². The summed E-state index contributed by atoms with van der Waals surface area (Å²) in [5.74, 6) is 0.828. The van der Waals surface area contributed by atoms with E-state index in [-0.39, 0.29) is 23.3 Å². The molecule has 218 valence electrons. The van der Waals surface area contributed by atoms with Gasteiger partial charge in [-0.15, -0.1) is 21.5 Å². The Bertz CT molecular complexity index is 1630. The number of hydrogen-bond acceptors (Lipinski definition) is 13. The number of aryl methyl sites for hydroxylation is 1. The van der Waals surface area contributed by atoms with Gasteiger partial charge < -0.3 is 25.3 Å². The summed E-state index contributed by atoms with van der Waals surface area (Å²) < 4.78 is 16.6. The average molecular weight is 625 g/mol. The molecule has 1 amide bonds. The fourth-order valence-corrected chi connectivity index (χ4v) is 7.80. The lowest BCUT2D eigenvalue weighted by Gasteiger charge is -2.37. The highest BCUT2D eigenvalue weighted by atomic mass is 32.2. The van der Waals surface area contributed by atoms with Crippen LogP contribution in [-0.4, -0.2) is 49.0 Å². The molecule has 3 heterocycles. The molecule has 0 fully saturated rings. The molecule has 0 radical (unpaired) electrons.